The molecule has 84 valence electrons. The maximum absolute atomic E-state index is 6.13. The highest BCUT2D eigenvalue weighted by atomic mass is 35.5. The molecule has 0 atom stereocenters. The number of hydrogen-bond acceptors (Lipinski definition) is 3. The minimum atomic E-state index is 0.750. The molecule has 0 spiro atoms. The van der Waals surface area contributed by atoms with Crippen LogP contribution in [0.1, 0.15) is 5.56 Å². The third-order valence-corrected chi connectivity index (χ3v) is 2.73. The van der Waals surface area contributed by atoms with E-state index in [9.17, 15) is 0 Å². The van der Waals surface area contributed by atoms with Gasteiger partial charge in [0.1, 0.15) is 5.75 Å². The summed E-state index contributed by atoms with van der Waals surface area (Å²) in [5.41, 5.74) is 1.11. The molecule has 0 amide bonds. The maximum atomic E-state index is 6.13. The van der Waals surface area contributed by atoms with Crippen molar-refractivity contribution in [3.8, 4) is 5.75 Å². The lowest BCUT2D eigenvalue weighted by atomic mass is 10.2. The third-order valence-electron chi connectivity index (χ3n) is 2.18. The van der Waals surface area contributed by atoms with Crippen LogP contribution in [0.2, 0.25) is 5.02 Å². The molecule has 0 radical (unpaired) electrons. The average Bonchev–Trinajstić information content (AvgIpc) is 2.21. The van der Waals surface area contributed by atoms with Crippen LogP contribution in [0.15, 0.2) is 18.2 Å². The van der Waals surface area contributed by atoms with Gasteiger partial charge in [0.15, 0.2) is 0 Å². The number of hydrogen-bond donors (Lipinski definition) is 1. The van der Waals surface area contributed by atoms with Crippen LogP contribution in [0.5, 0.6) is 5.75 Å². The van der Waals surface area contributed by atoms with Gasteiger partial charge in [0, 0.05) is 23.9 Å². The van der Waals surface area contributed by atoms with Crippen molar-refractivity contribution in [1.29, 1.82) is 0 Å². The Hall–Kier alpha value is -0.380. The lowest BCUT2D eigenvalue weighted by Crippen LogP contribution is -2.20. The Morgan fingerprint density at radius 3 is 2.73 bits per heavy atom. The molecule has 15 heavy (non-hydrogen) atoms. The summed E-state index contributed by atoms with van der Waals surface area (Å²) in [5.74, 6) is 1.64. The summed E-state index contributed by atoms with van der Waals surface area (Å²) in [4.78, 5) is 2.18. The Morgan fingerprint density at radius 2 is 2.20 bits per heavy atom. The van der Waals surface area contributed by atoms with Crippen molar-refractivity contribution in [2.24, 2.45) is 0 Å². The van der Waals surface area contributed by atoms with Gasteiger partial charge in [0.2, 0.25) is 0 Å². The van der Waals surface area contributed by atoms with E-state index < -0.39 is 0 Å². The summed E-state index contributed by atoms with van der Waals surface area (Å²) in [7, 11) is 3.69. The number of halogens is 1. The van der Waals surface area contributed by atoms with Crippen molar-refractivity contribution in [1.82, 2.24) is 4.90 Å². The van der Waals surface area contributed by atoms with Crippen LogP contribution < -0.4 is 4.74 Å². The Labute approximate surface area is 102 Å². The second-order valence-electron chi connectivity index (χ2n) is 3.42. The minimum absolute atomic E-state index is 0.750. The molecular formula is C11H16ClNOS. The summed E-state index contributed by atoms with van der Waals surface area (Å²) < 4.78 is 5.09. The molecule has 0 N–H and O–H groups in total. The number of thiol groups is 1. The summed E-state index contributed by atoms with van der Waals surface area (Å²) in [6, 6.07) is 5.76. The number of methoxy groups -OCH3 is 1. The van der Waals surface area contributed by atoms with Crippen LogP contribution in [0.4, 0.5) is 0 Å². The molecule has 0 aliphatic carbocycles. The van der Waals surface area contributed by atoms with E-state index in [0.717, 1.165) is 35.2 Å². The van der Waals surface area contributed by atoms with E-state index in [4.69, 9.17) is 16.3 Å². The number of nitrogens with zero attached hydrogens (tertiary/aromatic N) is 1. The normalized spacial score (nSPS) is 10.7. The molecule has 0 bridgehead atoms. The monoisotopic (exact) mass is 245 g/mol. The van der Waals surface area contributed by atoms with Gasteiger partial charge in [0.05, 0.1) is 7.11 Å². The van der Waals surface area contributed by atoms with Crippen LogP contribution >= 0.6 is 24.2 Å². The molecule has 0 saturated carbocycles. The molecule has 0 heterocycles. The first-order valence-electron chi connectivity index (χ1n) is 4.79. The highest BCUT2D eigenvalue weighted by molar-refractivity contribution is 7.80. The smallest absolute Gasteiger partial charge is 0.120 e. The van der Waals surface area contributed by atoms with Gasteiger partial charge in [-0.3, -0.25) is 0 Å². The molecule has 0 fully saturated rings. The van der Waals surface area contributed by atoms with Gasteiger partial charge in [-0.25, -0.2) is 0 Å². The Bertz CT molecular complexity index is 319. The summed E-state index contributed by atoms with van der Waals surface area (Å²) in [5, 5.41) is 0.750. The van der Waals surface area contributed by atoms with Crippen molar-refractivity contribution < 1.29 is 4.74 Å². The van der Waals surface area contributed by atoms with Gasteiger partial charge < -0.3 is 9.64 Å². The van der Waals surface area contributed by atoms with Gasteiger partial charge in [-0.1, -0.05) is 17.7 Å². The standard InChI is InChI=1S/C11H16ClNOS/c1-13(5-6-15)8-9-3-4-10(14-2)7-11(9)12/h3-4,7,15H,5-6,8H2,1-2H3. The van der Waals surface area contributed by atoms with Crippen molar-refractivity contribution in [2.45, 2.75) is 6.54 Å². The molecule has 0 aliphatic rings. The van der Waals surface area contributed by atoms with Crippen LogP contribution in [0.3, 0.4) is 0 Å². The topological polar surface area (TPSA) is 12.5 Å². The van der Waals surface area contributed by atoms with E-state index in [2.05, 4.69) is 24.6 Å². The fourth-order valence-electron chi connectivity index (χ4n) is 1.32. The van der Waals surface area contributed by atoms with Crippen molar-refractivity contribution in [3.63, 3.8) is 0 Å². The Kier molecular flexibility index (Phi) is 5.29. The fraction of sp³-hybridized carbons (Fsp3) is 0.455. The molecule has 0 aromatic heterocycles. The molecule has 2 nitrogen and oxygen atoms in total. The molecule has 0 saturated heterocycles. The van der Waals surface area contributed by atoms with Gasteiger partial charge in [0.25, 0.3) is 0 Å². The van der Waals surface area contributed by atoms with Crippen LogP contribution in [0, 0.1) is 0 Å². The molecular weight excluding hydrogens is 230 g/mol. The van der Waals surface area contributed by atoms with Gasteiger partial charge >= 0.3 is 0 Å². The molecule has 1 aromatic rings. The SMILES string of the molecule is COc1ccc(CN(C)CCS)c(Cl)c1. The molecule has 1 aromatic carbocycles. The minimum Gasteiger partial charge on any atom is -0.497 e. The van der Waals surface area contributed by atoms with E-state index in [-0.39, 0.29) is 0 Å². The third kappa shape index (κ3) is 3.93. The van der Waals surface area contributed by atoms with Crippen LogP contribution in [-0.4, -0.2) is 31.4 Å². The second kappa shape index (κ2) is 6.26. The highest BCUT2D eigenvalue weighted by Crippen LogP contribution is 2.23. The van der Waals surface area contributed by atoms with Crippen LogP contribution in [-0.2, 0) is 6.54 Å². The lowest BCUT2D eigenvalue weighted by Gasteiger charge is -2.16. The maximum Gasteiger partial charge on any atom is 0.120 e. The molecule has 0 unspecified atom stereocenters. The van der Waals surface area contributed by atoms with E-state index in [1.54, 1.807) is 7.11 Å². The molecule has 1 rings (SSSR count). The predicted octanol–water partition coefficient (Wildman–Crippen LogP) is 2.71. The van der Waals surface area contributed by atoms with E-state index in [0.29, 0.717) is 0 Å². The number of rotatable bonds is 5. The summed E-state index contributed by atoms with van der Waals surface area (Å²) in [6.07, 6.45) is 0. The van der Waals surface area contributed by atoms with Gasteiger partial charge in [-0.15, -0.1) is 0 Å². The Morgan fingerprint density at radius 1 is 1.47 bits per heavy atom. The fourth-order valence-corrected chi connectivity index (χ4v) is 1.90. The molecule has 4 heteroatoms. The summed E-state index contributed by atoms with van der Waals surface area (Å²) >= 11 is 10.3. The zero-order valence-electron chi connectivity index (χ0n) is 9.03. The quantitative estimate of drug-likeness (QED) is 0.801. The first-order valence-corrected chi connectivity index (χ1v) is 5.80. The van der Waals surface area contributed by atoms with Gasteiger partial charge in [-0.2, -0.15) is 12.6 Å². The van der Waals surface area contributed by atoms with E-state index >= 15 is 0 Å². The second-order valence-corrected chi connectivity index (χ2v) is 4.27. The van der Waals surface area contributed by atoms with E-state index in [1.165, 1.54) is 0 Å². The van der Waals surface area contributed by atoms with Crippen molar-refractivity contribution in [2.75, 3.05) is 26.5 Å². The Balaban J connectivity index is 2.69. The van der Waals surface area contributed by atoms with Crippen LogP contribution in [0.25, 0.3) is 0 Å². The predicted molar refractivity (Wildman–Crippen MR) is 68.2 cm³/mol. The van der Waals surface area contributed by atoms with Crippen molar-refractivity contribution >= 4 is 24.2 Å². The van der Waals surface area contributed by atoms with E-state index in [1.807, 2.05) is 18.2 Å². The average molecular weight is 246 g/mol. The van der Waals surface area contributed by atoms with Crippen molar-refractivity contribution in [3.05, 3.63) is 28.8 Å². The first-order chi connectivity index (χ1) is 7.17. The molecule has 0 aliphatic heterocycles. The lowest BCUT2D eigenvalue weighted by molar-refractivity contribution is 0.348. The highest BCUT2D eigenvalue weighted by Gasteiger charge is 2.05. The largest absolute Gasteiger partial charge is 0.497 e. The number of benzene rings is 1. The first kappa shape index (κ1) is 12.7. The zero-order valence-corrected chi connectivity index (χ0v) is 10.7. The van der Waals surface area contributed by atoms with Gasteiger partial charge in [-0.05, 0) is 24.7 Å². The summed E-state index contributed by atoms with van der Waals surface area (Å²) in [6.45, 7) is 1.79. The zero-order chi connectivity index (χ0) is 11.3. The number of ether oxygens (including phenoxy) is 1.